The highest BCUT2D eigenvalue weighted by atomic mass is 16.3. The molecular weight excluding hydrogens is 312 g/mol. The molecule has 4 rings (SSSR count). The number of hydrogen-bond acceptors (Lipinski definition) is 4. The summed E-state index contributed by atoms with van der Waals surface area (Å²) in [4.78, 5) is 21.5. The Morgan fingerprint density at radius 1 is 0.920 bits per heavy atom. The maximum absolute atomic E-state index is 13.0. The zero-order chi connectivity index (χ0) is 17.1. The SMILES string of the molecule is O=C(/C(=C/c1ccccc1)c1nc2ccccc2o1)c1cccnc1. The van der Waals surface area contributed by atoms with Crippen molar-refractivity contribution < 1.29 is 9.21 Å². The minimum Gasteiger partial charge on any atom is -0.436 e. The number of rotatable bonds is 4. The lowest BCUT2D eigenvalue weighted by atomic mass is 10.0. The van der Waals surface area contributed by atoms with Crippen molar-refractivity contribution in [2.75, 3.05) is 0 Å². The number of oxazole rings is 1. The third-order valence-corrected chi connectivity index (χ3v) is 3.80. The molecule has 120 valence electrons. The Morgan fingerprint density at radius 2 is 1.72 bits per heavy atom. The van der Waals surface area contributed by atoms with Crippen molar-refractivity contribution in [2.45, 2.75) is 0 Å². The van der Waals surface area contributed by atoms with Gasteiger partial charge < -0.3 is 4.42 Å². The van der Waals surface area contributed by atoms with Crippen LogP contribution in [0.2, 0.25) is 0 Å². The predicted molar refractivity (Wildman–Crippen MR) is 96.9 cm³/mol. The molecule has 0 unspecified atom stereocenters. The molecular formula is C21H14N2O2. The number of hydrogen-bond donors (Lipinski definition) is 0. The van der Waals surface area contributed by atoms with Crippen molar-refractivity contribution in [1.29, 1.82) is 0 Å². The van der Waals surface area contributed by atoms with Gasteiger partial charge in [-0.1, -0.05) is 42.5 Å². The Morgan fingerprint density at radius 3 is 2.48 bits per heavy atom. The van der Waals surface area contributed by atoms with E-state index in [9.17, 15) is 4.79 Å². The standard InChI is InChI=1S/C21H14N2O2/c24-20(16-9-6-12-22-14-16)17(13-15-7-2-1-3-8-15)21-23-18-10-4-5-11-19(18)25-21/h1-14H/b17-13-. The molecule has 0 atom stereocenters. The highest BCUT2D eigenvalue weighted by molar-refractivity contribution is 6.31. The first-order valence-electron chi connectivity index (χ1n) is 7.89. The number of pyridine rings is 1. The van der Waals surface area contributed by atoms with Gasteiger partial charge in [-0.2, -0.15) is 0 Å². The van der Waals surface area contributed by atoms with Gasteiger partial charge in [0.25, 0.3) is 0 Å². The summed E-state index contributed by atoms with van der Waals surface area (Å²) in [6, 6.07) is 20.6. The first kappa shape index (κ1) is 15.0. The van der Waals surface area contributed by atoms with Gasteiger partial charge in [0.05, 0.1) is 5.57 Å². The van der Waals surface area contributed by atoms with Gasteiger partial charge in [0, 0.05) is 18.0 Å². The summed E-state index contributed by atoms with van der Waals surface area (Å²) in [6.07, 6.45) is 4.97. The normalized spacial score (nSPS) is 11.6. The molecule has 0 aliphatic rings. The van der Waals surface area contributed by atoms with Crippen LogP contribution in [0.4, 0.5) is 0 Å². The number of aromatic nitrogens is 2. The Kier molecular flexibility index (Phi) is 3.92. The number of ketones is 1. The molecule has 2 heterocycles. The lowest BCUT2D eigenvalue weighted by molar-refractivity contribution is 0.105. The number of para-hydroxylation sites is 2. The van der Waals surface area contributed by atoms with Gasteiger partial charge in [-0.25, -0.2) is 4.98 Å². The molecule has 0 saturated heterocycles. The molecule has 4 nitrogen and oxygen atoms in total. The summed E-state index contributed by atoms with van der Waals surface area (Å²) in [7, 11) is 0. The fourth-order valence-electron chi connectivity index (χ4n) is 2.58. The van der Waals surface area contributed by atoms with Crippen LogP contribution in [-0.4, -0.2) is 15.8 Å². The first-order chi connectivity index (χ1) is 12.3. The van der Waals surface area contributed by atoms with E-state index in [0.717, 1.165) is 11.1 Å². The quantitative estimate of drug-likeness (QED) is 0.405. The number of Topliss-reactive ketones (excluding diaryl/α,β-unsaturated/α-hetero) is 1. The fourth-order valence-corrected chi connectivity index (χ4v) is 2.58. The van der Waals surface area contributed by atoms with E-state index >= 15 is 0 Å². The van der Waals surface area contributed by atoms with Crippen LogP contribution in [0.5, 0.6) is 0 Å². The van der Waals surface area contributed by atoms with Crippen LogP contribution in [0.1, 0.15) is 21.8 Å². The molecule has 2 aromatic carbocycles. The van der Waals surface area contributed by atoms with Crippen molar-refractivity contribution in [2.24, 2.45) is 0 Å². The van der Waals surface area contributed by atoms with E-state index in [1.165, 1.54) is 0 Å². The highest BCUT2D eigenvalue weighted by Crippen LogP contribution is 2.25. The number of fused-ring (bicyclic) bond motifs is 1. The first-order valence-corrected chi connectivity index (χ1v) is 7.89. The highest BCUT2D eigenvalue weighted by Gasteiger charge is 2.20. The molecule has 0 aliphatic carbocycles. The Labute approximate surface area is 144 Å². The number of benzene rings is 2. The zero-order valence-corrected chi connectivity index (χ0v) is 13.3. The summed E-state index contributed by atoms with van der Waals surface area (Å²) >= 11 is 0. The van der Waals surface area contributed by atoms with Crippen LogP contribution in [0.25, 0.3) is 22.7 Å². The van der Waals surface area contributed by atoms with Crippen LogP contribution in [0.3, 0.4) is 0 Å². The Balaban J connectivity index is 1.86. The van der Waals surface area contributed by atoms with Gasteiger partial charge in [0.2, 0.25) is 5.89 Å². The molecule has 2 aromatic heterocycles. The van der Waals surface area contributed by atoms with Gasteiger partial charge in [0.1, 0.15) is 5.52 Å². The maximum atomic E-state index is 13.0. The van der Waals surface area contributed by atoms with Gasteiger partial charge in [-0.3, -0.25) is 9.78 Å². The van der Waals surface area contributed by atoms with Gasteiger partial charge in [-0.15, -0.1) is 0 Å². The fraction of sp³-hybridized carbons (Fsp3) is 0. The molecule has 4 aromatic rings. The van der Waals surface area contributed by atoms with Crippen molar-refractivity contribution in [3.63, 3.8) is 0 Å². The van der Waals surface area contributed by atoms with E-state index in [1.54, 1.807) is 30.6 Å². The van der Waals surface area contributed by atoms with Gasteiger partial charge >= 0.3 is 0 Å². The summed E-state index contributed by atoms with van der Waals surface area (Å²) in [6.45, 7) is 0. The third-order valence-electron chi connectivity index (χ3n) is 3.80. The molecule has 0 spiro atoms. The van der Waals surface area contributed by atoms with Crippen LogP contribution in [0, 0.1) is 0 Å². The van der Waals surface area contributed by atoms with E-state index in [0.29, 0.717) is 22.6 Å². The average molecular weight is 326 g/mol. The largest absolute Gasteiger partial charge is 0.436 e. The second-order valence-electron chi connectivity index (χ2n) is 5.53. The van der Waals surface area contributed by atoms with Crippen LogP contribution in [0.15, 0.2) is 83.5 Å². The van der Waals surface area contributed by atoms with E-state index in [2.05, 4.69) is 9.97 Å². The van der Waals surface area contributed by atoms with E-state index in [-0.39, 0.29) is 5.78 Å². The molecule has 0 bridgehead atoms. The summed E-state index contributed by atoms with van der Waals surface area (Å²) < 4.78 is 5.82. The smallest absolute Gasteiger partial charge is 0.231 e. The molecule has 4 heteroatoms. The number of nitrogens with zero attached hydrogens (tertiary/aromatic N) is 2. The Hall–Kier alpha value is -3.53. The minimum atomic E-state index is -0.177. The van der Waals surface area contributed by atoms with Crippen molar-refractivity contribution >= 4 is 28.5 Å². The van der Waals surface area contributed by atoms with Crippen LogP contribution in [-0.2, 0) is 0 Å². The van der Waals surface area contributed by atoms with Crippen molar-refractivity contribution in [1.82, 2.24) is 9.97 Å². The minimum absolute atomic E-state index is 0.177. The molecule has 0 saturated carbocycles. The molecule has 0 fully saturated rings. The van der Waals surface area contributed by atoms with E-state index in [4.69, 9.17) is 4.42 Å². The average Bonchev–Trinajstić information content (AvgIpc) is 3.11. The van der Waals surface area contributed by atoms with Crippen molar-refractivity contribution in [3.05, 3.63) is 96.1 Å². The second kappa shape index (κ2) is 6.53. The predicted octanol–water partition coefficient (Wildman–Crippen LogP) is 4.65. The summed E-state index contributed by atoms with van der Waals surface area (Å²) in [5.74, 6) is 0.127. The summed E-state index contributed by atoms with van der Waals surface area (Å²) in [5, 5.41) is 0. The number of carbonyl (C=O) groups excluding carboxylic acids is 1. The summed E-state index contributed by atoms with van der Waals surface area (Å²) in [5.41, 5.74) is 3.16. The lowest BCUT2D eigenvalue weighted by Gasteiger charge is -2.03. The second-order valence-corrected chi connectivity index (χ2v) is 5.53. The number of allylic oxidation sites excluding steroid dienone is 1. The number of carbonyl (C=O) groups is 1. The van der Waals surface area contributed by atoms with E-state index < -0.39 is 0 Å². The molecule has 0 aliphatic heterocycles. The topological polar surface area (TPSA) is 56.0 Å². The van der Waals surface area contributed by atoms with Gasteiger partial charge in [0.15, 0.2) is 11.4 Å². The molecule has 0 radical (unpaired) electrons. The zero-order valence-electron chi connectivity index (χ0n) is 13.3. The lowest BCUT2D eigenvalue weighted by Crippen LogP contribution is -2.03. The monoisotopic (exact) mass is 326 g/mol. The molecule has 25 heavy (non-hydrogen) atoms. The van der Waals surface area contributed by atoms with Crippen LogP contribution >= 0.6 is 0 Å². The Bertz CT molecular complexity index is 1020. The third kappa shape index (κ3) is 3.10. The molecule has 0 amide bonds. The van der Waals surface area contributed by atoms with Gasteiger partial charge in [-0.05, 0) is 35.9 Å². The molecule has 0 N–H and O–H groups in total. The van der Waals surface area contributed by atoms with Crippen LogP contribution < -0.4 is 0 Å². The van der Waals surface area contributed by atoms with E-state index in [1.807, 2.05) is 54.6 Å². The maximum Gasteiger partial charge on any atom is 0.231 e. The van der Waals surface area contributed by atoms with Crippen molar-refractivity contribution in [3.8, 4) is 0 Å².